The number of aromatic nitrogens is 2. The van der Waals surface area contributed by atoms with Gasteiger partial charge in [0.2, 0.25) is 5.91 Å². The van der Waals surface area contributed by atoms with Crippen molar-refractivity contribution in [1.82, 2.24) is 14.9 Å². The molecule has 1 aliphatic heterocycles. The average molecular weight is 280 g/mol. The molecule has 1 fully saturated rings. The number of rotatable bonds is 4. The second-order valence-electron chi connectivity index (χ2n) is 5.29. The van der Waals surface area contributed by atoms with Crippen molar-refractivity contribution in [2.75, 3.05) is 13.1 Å². The molecular formula is C13H20N4O3. The van der Waals surface area contributed by atoms with Crippen LogP contribution < -0.4 is 17.0 Å². The molecule has 0 radical (unpaired) electrons. The summed E-state index contributed by atoms with van der Waals surface area (Å²) < 4.78 is 0. The lowest BCUT2D eigenvalue weighted by atomic mass is 9.99. The average Bonchev–Trinajstić information content (AvgIpc) is 2.75. The van der Waals surface area contributed by atoms with E-state index < -0.39 is 11.2 Å². The molecule has 1 aromatic rings. The number of carbonyl (C=O) groups excluding carboxylic acids is 1. The minimum atomic E-state index is -0.572. The number of likely N-dealkylation sites (tertiary alicyclic amines) is 1. The second-order valence-corrected chi connectivity index (χ2v) is 5.29. The maximum Gasteiger partial charge on any atom is 0.325 e. The molecule has 0 aromatic carbocycles. The molecule has 2 atom stereocenters. The highest BCUT2D eigenvalue weighted by molar-refractivity contribution is 5.79. The van der Waals surface area contributed by atoms with E-state index in [0.29, 0.717) is 19.0 Å². The highest BCUT2D eigenvalue weighted by Gasteiger charge is 2.32. The molecule has 4 N–H and O–H groups in total. The fourth-order valence-corrected chi connectivity index (χ4v) is 2.62. The SMILES string of the molecule is CCC[C@H]1CN(C(=O)Cc2c[nH]c(=O)[nH]c2=O)C[C@@H]1N. The van der Waals surface area contributed by atoms with E-state index in [1.807, 2.05) is 0 Å². The van der Waals surface area contributed by atoms with Gasteiger partial charge in [-0.1, -0.05) is 13.3 Å². The topological polar surface area (TPSA) is 112 Å². The molecule has 20 heavy (non-hydrogen) atoms. The van der Waals surface area contributed by atoms with E-state index in [0.717, 1.165) is 12.8 Å². The molecule has 7 heteroatoms. The molecule has 0 aliphatic carbocycles. The maximum atomic E-state index is 12.2. The van der Waals surface area contributed by atoms with Crippen LogP contribution in [0.5, 0.6) is 0 Å². The van der Waals surface area contributed by atoms with E-state index in [2.05, 4.69) is 16.9 Å². The van der Waals surface area contributed by atoms with E-state index in [4.69, 9.17) is 5.73 Å². The Balaban J connectivity index is 2.02. The zero-order valence-electron chi connectivity index (χ0n) is 11.5. The molecule has 2 heterocycles. The number of H-pyrrole nitrogens is 2. The van der Waals surface area contributed by atoms with E-state index in [1.54, 1.807) is 4.90 Å². The second kappa shape index (κ2) is 6.04. The Kier molecular flexibility index (Phi) is 4.39. The molecule has 1 aliphatic rings. The highest BCUT2D eigenvalue weighted by Crippen LogP contribution is 2.20. The number of nitrogens with two attached hydrogens (primary N) is 1. The molecule has 1 amide bonds. The van der Waals surface area contributed by atoms with Crippen molar-refractivity contribution in [2.45, 2.75) is 32.2 Å². The summed E-state index contributed by atoms with van der Waals surface area (Å²) in [4.78, 5) is 40.8. The van der Waals surface area contributed by atoms with Gasteiger partial charge < -0.3 is 15.6 Å². The summed E-state index contributed by atoms with van der Waals surface area (Å²) in [7, 11) is 0. The summed E-state index contributed by atoms with van der Waals surface area (Å²) in [5.41, 5.74) is 5.20. The molecule has 2 rings (SSSR count). The predicted octanol–water partition coefficient (Wildman–Crippen LogP) is -0.808. The van der Waals surface area contributed by atoms with Crippen LogP contribution in [-0.2, 0) is 11.2 Å². The van der Waals surface area contributed by atoms with Crippen LogP contribution in [0.2, 0.25) is 0 Å². The summed E-state index contributed by atoms with van der Waals surface area (Å²) in [6.07, 6.45) is 3.32. The molecular weight excluding hydrogens is 260 g/mol. The van der Waals surface area contributed by atoms with Crippen LogP contribution in [0.4, 0.5) is 0 Å². The van der Waals surface area contributed by atoms with E-state index in [1.165, 1.54) is 6.20 Å². The van der Waals surface area contributed by atoms with E-state index in [9.17, 15) is 14.4 Å². The summed E-state index contributed by atoms with van der Waals surface area (Å²) in [6.45, 7) is 3.27. The Bertz CT molecular complexity index is 592. The largest absolute Gasteiger partial charge is 0.341 e. The van der Waals surface area contributed by atoms with Crippen molar-refractivity contribution in [3.8, 4) is 0 Å². The zero-order valence-corrected chi connectivity index (χ0v) is 11.5. The third kappa shape index (κ3) is 3.16. The molecule has 0 spiro atoms. The minimum absolute atomic E-state index is 0.00719. The van der Waals surface area contributed by atoms with Gasteiger partial charge in [-0.3, -0.25) is 14.6 Å². The third-order valence-corrected chi connectivity index (χ3v) is 3.74. The van der Waals surface area contributed by atoms with Crippen molar-refractivity contribution in [3.63, 3.8) is 0 Å². The first-order valence-corrected chi connectivity index (χ1v) is 6.85. The number of hydrogen-bond acceptors (Lipinski definition) is 4. The van der Waals surface area contributed by atoms with Crippen LogP contribution in [-0.4, -0.2) is 39.9 Å². The Hall–Kier alpha value is -1.89. The number of amides is 1. The first-order valence-electron chi connectivity index (χ1n) is 6.85. The van der Waals surface area contributed by atoms with Crippen LogP contribution in [0.25, 0.3) is 0 Å². The van der Waals surface area contributed by atoms with Crippen LogP contribution in [0.3, 0.4) is 0 Å². The minimum Gasteiger partial charge on any atom is -0.341 e. The molecule has 1 aromatic heterocycles. The van der Waals surface area contributed by atoms with Gasteiger partial charge in [0.05, 0.1) is 6.42 Å². The van der Waals surface area contributed by atoms with Crippen molar-refractivity contribution < 1.29 is 4.79 Å². The van der Waals surface area contributed by atoms with Crippen molar-refractivity contribution in [2.24, 2.45) is 11.7 Å². The predicted molar refractivity (Wildman–Crippen MR) is 74.3 cm³/mol. The molecule has 0 unspecified atom stereocenters. The molecule has 0 saturated carbocycles. The first-order chi connectivity index (χ1) is 9.51. The number of aromatic amines is 2. The quantitative estimate of drug-likeness (QED) is 0.669. The van der Waals surface area contributed by atoms with Gasteiger partial charge in [0.25, 0.3) is 5.56 Å². The van der Waals surface area contributed by atoms with Crippen molar-refractivity contribution in [1.29, 1.82) is 0 Å². The Labute approximate surface area is 116 Å². The third-order valence-electron chi connectivity index (χ3n) is 3.74. The molecule has 110 valence electrons. The van der Waals surface area contributed by atoms with Crippen LogP contribution in [0.1, 0.15) is 25.3 Å². The molecule has 7 nitrogen and oxygen atoms in total. The van der Waals surface area contributed by atoms with Gasteiger partial charge in [-0.15, -0.1) is 0 Å². The summed E-state index contributed by atoms with van der Waals surface area (Å²) in [5, 5.41) is 0. The fourth-order valence-electron chi connectivity index (χ4n) is 2.62. The van der Waals surface area contributed by atoms with Crippen LogP contribution >= 0.6 is 0 Å². The van der Waals surface area contributed by atoms with E-state index >= 15 is 0 Å². The van der Waals surface area contributed by atoms with Crippen molar-refractivity contribution >= 4 is 5.91 Å². The lowest BCUT2D eigenvalue weighted by Crippen LogP contribution is -2.35. The number of carbonyl (C=O) groups is 1. The van der Waals surface area contributed by atoms with Gasteiger partial charge in [-0.2, -0.15) is 0 Å². The number of hydrogen-bond donors (Lipinski definition) is 3. The Morgan fingerprint density at radius 1 is 1.45 bits per heavy atom. The fraction of sp³-hybridized carbons (Fsp3) is 0.615. The highest BCUT2D eigenvalue weighted by atomic mass is 16.2. The Morgan fingerprint density at radius 3 is 2.85 bits per heavy atom. The molecule has 1 saturated heterocycles. The first kappa shape index (κ1) is 14.5. The summed E-state index contributed by atoms with van der Waals surface area (Å²) >= 11 is 0. The van der Waals surface area contributed by atoms with Crippen LogP contribution in [0.15, 0.2) is 15.8 Å². The molecule has 0 bridgehead atoms. The normalized spacial score (nSPS) is 22.2. The summed E-state index contributed by atoms with van der Waals surface area (Å²) in [6, 6.07) is 0.00719. The van der Waals surface area contributed by atoms with Gasteiger partial charge in [-0.25, -0.2) is 4.79 Å². The number of nitrogens with one attached hydrogen (secondary N) is 2. The summed E-state index contributed by atoms with van der Waals surface area (Å²) in [5.74, 6) is 0.203. The monoisotopic (exact) mass is 280 g/mol. The zero-order chi connectivity index (χ0) is 14.7. The number of nitrogens with zero attached hydrogens (tertiary/aromatic N) is 1. The van der Waals surface area contributed by atoms with E-state index in [-0.39, 0.29) is 23.9 Å². The van der Waals surface area contributed by atoms with Gasteiger partial charge in [-0.05, 0) is 12.3 Å². The standard InChI is InChI=1S/C13H20N4O3/c1-2-3-8-6-17(7-10(8)14)11(18)4-9-5-15-13(20)16-12(9)19/h5,8,10H,2-4,6-7,14H2,1H3,(H2,15,16,19,20)/t8-,10-/m0/s1. The maximum absolute atomic E-state index is 12.2. The smallest absolute Gasteiger partial charge is 0.325 e. The van der Waals surface area contributed by atoms with Gasteiger partial charge in [0.15, 0.2) is 0 Å². The van der Waals surface area contributed by atoms with Crippen molar-refractivity contribution in [3.05, 3.63) is 32.6 Å². The Morgan fingerprint density at radius 2 is 2.20 bits per heavy atom. The van der Waals surface area contributed by atoms with Gasteiger partial charge in [0, 0.05) is 30.9 Å². The van der Waals surface area contributed by atoms with Gasteiger partial charge in [0.1, 0.15) is 0 Å². The van der Waals surface area contributed by atoms with Gasteiger partial charge >= 0.3 is 5.69 Å². The van der Waals surface area contributed by atoms with Crippen LogP contribution in [0, 0.1) is 5.92 Å². The lowest BCUT2D eigenvalue weighted by Gasteiger charge is -2.15. The lowest BCUT2D eigenvalue weighted by molar-refractivity contribution is -0.129.